The van der Waals surface area contributed by atoms with Gasteiger partial charge in [-0.15, -0.1) is 11.3 Å². The van der Waals surface area contributed by atoms with Gasteiger partial charge in [0.15, 0.2) is 22.5 Å². The second kappa shape index (κ2) is 6.48. The van der Waals surface area contributed by atoms with Crippen LogP contribution >= 0.6 is 11.3 Å². The summed E-state index contributed by atoms with van der Waals surface area (Å²) in [7, 11) is 1.76. The first-order valence-corrected chi connectivity index (χ1v) is 7.94. The molecule has 1 amide bonds. The third kappa shape index (κ3) is 3.48. The number of anilines is 1. The molecule has 24 heavy (non-hydrogen) atoms. The highest BCUT2D eigenvalue weighted by atomic mass is 32.1. The number of nitrogens with one attached hydrogen (secondary N) is 1. The third-order valence-corrected chi connectivity index (χ3v) is 4.40. The van der Waals surface area contributed by atoms with Crippen LogP contribution in [0.5, 0.6) is 0 Å². The fraction of sp³-hybridized carbons (Fsp3) is 0.188. The Kier molecular flexibility index (Phi) is 4.39. The van der Waals surface area contributed by atoms with Crippen molar-refractivity contribution in [3.63, 3.8) is 0 Å². The van der Waals surface area contributed by atoms with Crippen LogP contribution in [0.2, 0.25) is 0 Å². The van der Waals surface area contributed by atoms with Gasteiger partial charge in [-0.3, -0.25) is 14.8 Å². The van der Waals surface area contributed by atoms with Crippen molar-refractivity contribution in [2.24, 2.45) is 7.05 Å². The largest absolute Gasteiger partial charge is 0.296 e. The molecule has 0 atom stereocenters. The van der Waals surface area contributed by atoms with Gasteiger partial charge in [0.05, 0.1) is 0 Å². The van der Waals surface area contributed by atoms with Gasteiger partial charge in [-0.1, -0.05) is 6.07 Å². The van der Waals surface area contributed by atoms with E-state index in [1.54, 1.807) is 24.0 Å². The van der Waals surface area contributed by atoms with Gasteiger partial charge in [0, 0.05) is 30.2 Å². The van der Waals surface area contributed by atoms with Gasteiger partial charge < -0.3 is 0 Å². The summed E-state index contributed by atoms with van der Waals surface area (Å²) in [5.41, 5.74) is 1.82. The highest BCUT2D eigenvalue weighted by Gasteiger charge is 2.13. The van der Waals surface area contributed by atoms with E-state index in [1.165, 1.54) is 17.4 Å². The quantitative estimate of drug-likeness (QED) is 0.787. The molecule has 0 saturated heterocycles. The van der Waals surface area contributed by atoms with Crippen molar-refractivity contribution in [2.75, 3.05) is 5.32 Å². The second-order valence-electron chi connectivity index (χ2n) is 5.31. The predicted molar refractivity (Wildman–Crippen MR) is 87.2 cm³/mol. The average Bonchev–Trinajstić information content (AvgIpc) is 3.10. The van der Waals surface area contributed by atoms with Gasteiger partial charge >= 0.3 is 0 Å². The lowest BCUT2D eigenvalue weighted by Gasteiger charge is -1.99. The molecular formula is C16H14F2N4OS. The van der Waals surface area contributed by atoms with Gasteiger partial charge in [-0.2, -0.15) is 5.10 Å². The summed E-state index contributed by atoms with van der Waals surface area (Å²) in [6, 6.07) is 5.46. The Morgan fingerprint density at radius 2 is 2.08 bits per heavy atom. The van der Waals surface area contributed by atoms with Crippen molar-refractivity contribution in [2.45, 2.75) is 13.3 Å². The van der Waals surface area contributed by atoms with Crippen molar-refractivity contribution < 1.29 is 13.6 Å². The summed E-state index contributed by atoms with van der Waals surface area (Å²) in [5.74, 6) is -2.09. The number of carbonyl (C=O) groups is 1. The first-order chi connectivity index (χ1) is 11.4. The molecule has 2 aromatic heterocycles. The fourth-order valence-electron chi connectivity index (χ4n) is 2.13. The number of thiazole rings is 1. The third-order valence-electron chi connectivity index (χ3n) is 3.48. The first kappa shape index (κ1) is 16.3. The van der Waals surface area contributed by atoms with E-state index in [0.717, 1.165) is 22.7 Å². The zero-order chi connectivity index (χ0) is 17.3. The SMILES string of the molecule is Cc1cc(C(=O)Nc2ncc(Cc3ccc(F)c(F)c3)s2)nn1C. The molecule has 0 aliphatic carbocycles. The normalized spacial score (nSPS) is 10.8. The Balaban J connectivity index is 1.68. The monoisotopic (exact) mass is 348 g/mol. The molecule has 3 rings (SSSR count). The van der Waals surface area contributed by atoms with E-state index in [4.69, 9.17) is 0 Å². The Morgan fingerprint density at radius 3 is 2.75 bits per heavy atom. The fourth-order valence-corrected chi connectivity index (χ4v) is 2.97. The summed E-state index contributed by atoms with van der Waals surface area (Å²) in [4.78, 5) is 17.1. The van der Waals surface area contributed by atoms with E-state index in [9.17, 15) is 13.6 Å². The van der Waals surface area contributed by atoms with Crippen LogP contribution in [0.15, 0.2) is 30.5 Å². The number of halogens is 2. The molecule has 0 fully saturated rings. The maximum Gasteiger partial charge on any atom is 0.277 e. The number of aromatic nitrogens is 3. The van der Waals surface area contributed by atoms with Crippen molar-refractivity contribution >= 4 is 22.4 Å². The molecular weight excluding hydrogens is 334 g/mol. The van der Waals surface area contributed by atoms with Gasteiger partial charge in [-0.05, 0) is 30.7 Å². The number of rotatable bonds is 4. The highest BCUT2D eigenvalue weighted by Crippen LogP contribution is 2.22. The van der Waals surface area contributed by atoms with Crippen molar-refractivity contribution in [3.8, 4) is 0 Å². The van der Waals surface area contributed by atoms with Crippen LogP contribution in [-0.2, 0) is 13.5 Å². The summed E-state index contributed by atoms with van der Waals surface area (Å²) in [6.07, 6.45) is 2.01. The van der Waals surface area contributed by atoms with Gasteiger partial charge in [-0.25, -0.2) is 13.8 Å². The molecule has 5 nitrogen and oxygen atoms in total. The number of nitrogens with zero attached hydrogens (tertiary/aromatic N) is 3. The van der Waals surface area contributed by atoms with Crippen molar-refractivity contribution in [1.29, 1.82) is 0 Å². The summed E-state index contributed by atoms with van der Waals surface area (Å²) >= 11 is 1.28. The standard InChI is InChI=1S/C16H14F2N4OS/c1-9-5-14(21-22(9)2)15(23)20-16-19-8-11(24-16)6-10-3-4-12(17)13(18)7-10/h3-5,7-8H,6H2,1-2H3,(H,19,20,23). The van der Waals surface area contributed by atoms with E-state index in [0.29, 0.717) is 22.8 Å². The molecule has 3 aromatic rings. The van der Waals surface area contributed by atoms with Gasteiger partial charge in [0.2, 0.25) is 0 Å². The maximum atomic E-state index is 13.2. The maximum absolute atomic E-state index is 13.2. The van der Waals surface area contributed by atoms with Crippen LogP contribution in [0.3, 0.4) is 0 Å². The Hall–Kier alpha value is -2.61. The smallest absolute Gasteiger partial charge is 0.277 e. The lowest BCUT2D eigenvalue weighted by molar-refractivity contribution is 0.102. The van der Waals surface area contributed by atoms with Crippen molar-refractivity contribution in [3.05, 3.63) is 63.9 Å². The summed E-state index contributed by atoms with van der Waals surface area (Å²) in [5, 5.41) is 7.22. The Morgan fingerprint density at radius 1 is 1.29 bits per heavy atom. The minimum Gasteiger partial charge on any atom is -0.296 e. The number of aryl methyl sites for hydroxylation is 2. The number of hydrogen-bond acceptors (Lipinski definition) is 4. The predicted octanol–water partition coefficient (Wildman–Crippen LogP) is 3.31. The summed E-state index contributed by atoms with van der Waals surface area (Å²) in [6.45, 7) is 1.85. The topological polar surface area (TPSA) is 59.8 Å². The minimum absolute atomic E-state index is 0.312. The molecule has 0 radical (unpaired) electrons. The molecule has 1 aromatic carbocycles. The molecule has 124 valence electrons. The van der Waals surface area contributed by atoms with Crippen LogP contribution in [-0.4, -0.2) is 20.7 Å². The molecule has 0 bridgehead atoms. The second-order valence-corrected chi connectivity index (χ2v) is 6.42. The van der Waals surface area contributed by atoms with Crippen LogP contribution in [0.4, 0.5) is 13.9 Å². The lowest BCUT2D eigenvalue weighted by atomic mass is 10.1. The molecule has 8 heteroatoms. The minimum atomic E-state index is -0.879. The zero-order valence-electron chi connectivity index (χ0n) is 13.0. The molecule has 0 aliphatic rings. The molecule has 0 spiro atoms. The Bertz CT molecular complexity index is 884. The number of carbonyl (C=O) groups excluding carboxylic acids is 1. The zero-order valence-corrected chi connectivity index (χ0v) is 13.8. The van der Waals surface area contributed by atoms with E-state index < -0.39 is 11.6 Å². The summed E-state index contributed by atoms with van der Waals surface area (Å²) < 4.78 is 27.8. The molecule has 1 N–H and O–H groups in total. The number of benzene rings is 1. The van der Waals surface area contributed by atoms with Crippen LogP contribution in [0, 0.1) is 18.6 Å². The molecule has 2 heterocycles. The van der Waals surface area contributed by atoms with E-state index in [-0.39, 0.29) is 5.91 Å². The van der Waals surface area contributed by atoms with Crippen LogP contribution < -0.4 is 5.32 Å². The highest BCUT2D eigenvalue weighted by molar-refractivity contribution is 7.15. The molecule has 0 aliphatic heterocycles. The van der Waals surface area contributed by atoms with E-state index >= 15 is 0 Å². The first-order valence-electron chi connectivity index (χ1n) is 7.13. The molecule has 0 unspecified atom stereocenters. The lowest BCUT2D eigenvalue weighted by Crippen LogP contribution is -2.12. The average molecular weight is 348 g/mol. The van der Waals surface area contributed by atoms with Gasteiger partial charge in [0.25, 0.3) is 5.91 Å². The Labute approximate surface area is 141 Å². The van der Waals surface area contributed by atoms with E-state index in [1.807, 2.05) is 6.92 Å². The van der Waals surface area contributed by atoms with E-state index in [2.05, 4.69) is 15.4 Å². The number of amides is 1. The van der Waals surface area contributed by atoms with Crippen molar-refractivity contribution in [1.82, 2.24) is 14.8 Å². The van der Waals surface area contributed by atoms with Crippen LogP contribution in [0.25, 0.3) is 0 Å². The molecule has 0 saturated carbocycles. The number of hydrogen-bond donors (Lipinski definition) is 1. The van der Waals surface area contributed by atoms with Gasteiger partial charge in [0.1, 0.15) is 0 Å². The van der Waals surface area contributed by atoms with Crippen LogP contribution in [0.1, 0.15) is 26.6 Å².